The van der Waals surface area contributed by atoms with Crippen molar-refractivity contribution in [3.8, 4) is 5.75 Å². The number of anilines is 1. The molecule has 0 bridgehead atoms. The second kappa shape index (κ2) is 6.35. The van der Waals surface area contributed by atoms with Crippen LogP contribution in [0.4, 0.5) is 5.69 Å². The summed E-state index contributed by atoms with van der Waals surface area (Å²) in [7, 11) is 3.36. The SMILES string of the molecule is CCOC(=O)CN(C)c1cc(Cl)ccc1OC. The van der Waals surface area contributed by atoms with Gasteiger partial charge in [0.2, 0.25) is 0 Å². The first-order valence-electron chi connectivity index (χ1n) is 5.28. The number of benzene rings is 1. The van der Waals surface area contributed by atoms with Crippen LogP contribution >= 0.6 is 11.6 Å². The molecule has 1 aromatic rings. The molecular formula is C12H16ClNO3. The first-order chi connectivity index (χ1) is 8.08. The summed E-state index contributed by atoms with van der Waals surface area (Å²) < 4.78 is 10.1. The van der Waals surface area contributed by atoms with E-state index < -0.39 is 0 Å². The number of esters is 1. The van der Waals surface area contributed by atoms with E-state index in [1.807, 2.05) is 0 Å². The fraction of sp³-hybridized carbons (Fsp3) is 0.417. The summed E-state index contributed by atoms with van der Waals surface area (Å²) in [5.41, 5.74) is 0.757. The highest BCUT2D eigenvalue weighted by Crippen LogP contribution is 2.30. The molecule has 0 spiro atoms. The van der Waals surface area contributed by atoms with Gasteiger partial charge in [-0.15, -0.1) is 0 Å². The molecule has 0 unspecified atom stereocenters. The van der Waals surface area contributed by atoms with Crippen LogP contribution in [0.2, 0.25) is 5.02 Å². The minimum Gasteiger partial charge on any atom is -0.495 e. The number of ether oxygens (including phenoxy) is 2. The van der Waals surface area contributed by atoms with Crippen LogP contribution in [-0.2, 0) is 9.53 Å². The van der Waals surface area contributed by atoms with Gasteiger partial charge in [-0.05, 0) is 25.1 Å². The minimum absolute atomic E-state index is 0.157. The van der Waals surface area contributed by atoms with Crippen molar-refractivity contribution in [1.82, 2.24) is 0 Å². The van der Waals surface area contributed by atoms with Gasteiger partial charge in [0.1, 0.15) is 12.3 Å². The summed E-state index contributed by atoms with van der Waals surface area (Å²) in [5, 5.41) is 0.594. The average molecular weight is 258 g/mol. The van der Waals surface area contributed by atoms with Crippen molar-refractivity contribution in [2.24, 2.45) is 0 Å². The van der Waals surface area contributed by atoms with Crippen LogP contribution in [0.25, 0.3) is 0 Å². The molecule has 0 atom stereocenters. The van der Waals surface area contributed by atoms with E-state index in [0.29, 0.717) is 17.4 Å². The molecule has 1 aromatic carbocycles. The maximum atomic E-state index is 11.4. The average Bonchev–Trinajstić information content (AvgIpc) is 2.29. The van der Waals surface area contributed by atoms with Crippen LogP contribution in [0.5, 0.6) is 5.75 Å². The van der Waals surface area contributed by atoms with Gasteiger partial charge in [-0.3, -0.25) is 4.79 Å². The number of carbonyl (C=O) groups is 1. The van der Waals surface area contributed by atoms with Crippen LogP contribution in [0.15, 0.2) is 18.2 Å². The van der Waals surface area contributed by atoms with E-state index in [-0.39, 0.29) is 12.5 Å². The number of nitrogens with zero attached hydrogens (tertiary/aromatic N) is 1. The zero-order chi connectivity index (χ0) is 12.8. The Balaban J connectivity index is 2.83. The summed E-state index contributed by atoms with van der Waals surface area (Å²) in [6, 6.07) is 5.25. The second-order valence-electron chi connectivity index (χ2n) is 3.48. The Labute approximate surface area is 106 Å². The summed E-state index contributed by atoms with van der Waals surface area (Å²) >= 11 is 5.92. The Morgan fingerprint density at radius 2 is 2.18 bits per heavy atom. The molecule has 5 heteroatoms. The van der Waals surface area contributed by atoms with Crippen LogP contribution < -0.4 is 9.64 Å². The lowest BCUT2D eigenvalue weighted by atomic mass is 10.2. The molecule has 17 heavy (non-hydrogen) atoms. The first kappa shape index (κ1) is 13.6. The fourth-order valence-electron chi connectivity index (χ4n) is 1.45. The van der Waals surface area contributed by atoms with Gasteiger partial charge in [-0.2, -0.15) is 0 Å². The Morgan fingerprint density at radius 1 is 1.47 bits per heavy atom. The number of hydrogen-bond acceptors (Lipinski definition) is 4. The summed E-state index contributed by atoms with van der Waals surface area (Å²) in [6.07, 6.45) is 0. The topological polar surface area (TPSA) is 38.8 Å². The molecule has 0 aliphatic rings. The molecule has 94 valence electrons. The van der Waals surface area contributed by atoms with Gasteiger partial charge < -0.3 is 14.4 Å². The zero-order valence-electron chi connectivity index (χ0n) is 10.2. The van der Waals surface area contributed by atoms with Crippen molar-refractivity contribution in [2.75, 3.05) is 32.2 Å². The number of hydrogen-bond donors (Lipinski definition) is 0. The molecule has 0 radical (unpaired) electrons. The van der Waals surface area contributed by atoms with Crippen molar-refractivity contribution in [3.63, 3.8) is 0 Å². The monoisotopic (exact) mass is 257 g/mol. The van der Waals surface area contributed by atoms with Crippen LogP contribution in [-0.4, -0.2) is 33.3 Å². The van der Waals surface area contributed by atoms with Crippen molar-refractivity contribution in [2.45, 2.75) is 6.92 Å². The molecule has 0 aromatic heterocycles. The number of likely N-dealkylation sites (N-methyl/N-ethyl adjacent to an activating group) is 1. The first-order valence-corrected chi connectivity index (χ1v) is 5.66. The quantitative estimate of drug-likeness (QED) is 0.759. The van der Waals surface area contributed by atoms with Crippen molar-refractivity contribution < 1.29 is 14.3 Å². The van der Waals surface area contributed by atoms with Gasteiger partial charge in [-0.1, -0.05) is 11.6 Å². The maximum Gasteiger partial charge on any atom is 0.325 e. The number of rotatable bonds is 5. The third kappa shape index (κ3) is 3.82. The Bertz CT molecular complexity index is 395. The number of halogens is 1. The van der Waals surface area contributed by atoms with E-state index in [1.165, 1.54) is 0 Å². The van der Waals surface area contributed by atoms with Crippen LogP contribution in [0.1, 0.15) is 6.92 Å². The van der Waals surface area contributed by atoms with Gasteiger partial charge >= 0.3 is 5.97 Å². The van der Waals surface area contributed by atoms with Crippen molar-refractivity contribution in [1.29, 1.82) is 0 Å². The van der Waals surface area contributed by atoms with E-state index in [9.17, 15) is 4.79 Å². The maximum absolute atomic E-state index is 11.4. The Hall–Kier alpha value is -1.42. The fourth-order valence-corrected chi connectivity index (χ4v) is 1.61. The summed E-state index contributed by atoms with van der Waals surface area (Å²) in [4.78, 5) is 13.1. The van der Waals surface area contributed by atoms with Gasteiger partial charge in [0.25, 0.3) is 0 Å². The van der Waals surface area contributed by atoms with Gasteiger partial charge in [-0.25, -0.2) is 0 Å². The molecule has 0 fully saturated rings. The van der Waals surface area contributed by atoms with E-state index in [0.717, 1.165) is 5.69 Å². The minimum atomic E-state index is -0.281. The number of carbonyl (C=O) groups excluding carboxylic acids is 1. The molecular weight excluding hydrogens is 242 g/mol. The molecule has 0 saturated heterocycles. The highest BCUT2D eigenvalue weighted by atomic mass is 35.5. The standard InChI is InChI=1S/C12H16ClNO3/c1-4-17-12(15)8-14(2)10-7-9(13)5-6-11(10)16-3/h5-7H,4,8H2,1-3H3. The van der Waals surface area contributed by atoms with E-state index in [4.69, 9.17) is 21.1 Å². The molecule has 0 saturated carbocycles. The van der Waals surface area contributed by atoms with Gasteiger partial charge in [0.15, 0.2) is 0 Å². The summed E-state index contributed by atoms with van der Waals surface area (Å²) in [6.45, 7) is 2.31. The van der Waals surface area contributed by atoms with Gasteiger partial charge in [0, 0.05) is 12.1 Å². The summed E-state index contributed by atoms with van der Waals surface area (Å²) in [5.74, 6) is 0.387. The molecule has 0 heterocycles. The zero-order valence-corrected chi connectivity index (χ0v) is 11.0. The molecule has 4 nitrogen and oxygen atoms in total. The van der Waals surface area contributed by atoms with Crippen LogP contribution in [0.3, 0.4) is 0 Å². The molecule has 0 N–H and O–H groups in total. The lowest BCUT2D eigenvalue weighted by molar-refractivity contribution is -0.141. The largest absolute Gasteiger partial charge is 0.495 e. The van der Waals surface area contributed by atoms with Crippen molar-refractivity contribution >= 4 is 23.3 Å². The second-order valence-corrected chi connectivity index (χ2v) is 3.91. The third-order valence-electron chi connectivity index (χ3n) is 2.22. The Kier molecular flexibility index (Phi) is 5.10. The molecule has 0 aliphatic heterocycles. The molecule has 0 aliphatic carbocycles. The predicted molar refractivity (Wildman–Crippen MR) is 67.9 cm³/mol. The highest BCUT2D eigenvalue weighted by Gasteiger charge is 2.12. The Morgan fingerprint density at radius 3 is 2.76 bits per heavy atom. The van der Waals surface area contributed by atoms with E-state index in [2.05, 4.69) is 0 Å². The van der Waals surface area contributed by atoms with Crippen LogP contribution in [0, 0.1) is 0 Å². The number of methoxy groups -OCH3 is 1. The molecule has 1 rings (SSSR count). The highest BCUT2D eigenvalue weighted by molar-refractivity contribution is 6.30. The smallest absolute Gasteiger partial charge is 0.325 e. The third-order valence-corrected chi connectivity index (χ3v) is 2.46. The predicted octanol–water partition coefficient (Wildman–Crippen LogP) is 2.35. The van der Waals surface area contributed by atoms with E-state index >= 15 is 0 Å². The normalized spacial score (nSPS) is 9.88. The molecule has 0 amide bonds. The van der Waals surface area contributed by atoms with Gasteiger partial charge in [0.05, 0.1) is 19.4 Å². The lowest BCUT2D eigenvalue weighted by Crippen LogP contribution is -2.27. The van der Waals surface area contributed by atoms with E-state index in [1.54, 1.807) is 44.2 Å². The van der Waals surface area contributed by atoms with Crippen molar-refractivity contribution in [3.05, 3.63) is 23.2 Å². The lowest BCUT2D eigenvalue weighted by Gasteiger charge is -2.20.